The summed E-state index contributed by atoms with van der Waals surface area (Å²) in [4.78, 5) is 25.0. The van der Waals surface area contributed by atoms with Gasteiger partial charge in [0, 0.05) is 29.3 Å². The molecule has 39 heavy (non-hydrogen) atoms. The van der Waals surface area contributed by atoms with Crippen LogP contribution in [0, 0.1) is 0 Å². The average Bonchev–Trinajstić information content (AvgIpc) is 3.54. The fourth-order valence-corrected chi connectivity index (χ4v) is 4.86. The Morgan fingerprint density at radius 2 is 1.56 bits per heavy atom. The first-order chi connectivity index (χ1) is 18.8. The van der Waals surface area contributed by atoms with Crippen molar-refractivity contribution in [2.75, 3.05) is 4.90 Å². The first kappa shape index (κ1) is 27.1. The summed E-state index contributed by atoms with van der Waals surface area (Å²) in [7, 11) is 0. The highest BCUT2D eigenvalue weighted by Crippen LogP contribution is 2.36. The van der Waals surface area contributed by atoms with Gasteiger partial charge in [0.15, 0.2) is 22.1 Å². The zero-order valence-electron chi connectivity index (χ0n) is 19.9. The maximum Gasteiger partial charge on any atom is 0.519 e. The first-order valence-corrected chi connectivity index (χ1v) is 13.2. The normalized spacial score (nSPS) is 11.2. The van der Waals surface area contributed by atoms with Crippen LogP contribution in [0.3, 0.4) is 0 Å². The highest BCUT2D eigenvalue weighted by atomic mass is 35.5. The van der Waals surface area contributed by atoms with Crippen molar-refractivity contribution >= 4 is 58.0 Å². The molecule has 0 aliphatic heterocycles. The topological polar surface area (TPSA) is 89.7 Å². The second-order valence-electron chi connectivity index (χ2n) is 8.41. The summed E-state index contributed by atoms with van der Waals surface area (Å²) in [6.45, 7) is -0.150. The van der Waals surface area contributed by atoms with Gasteiger partial charge in [-0.25, -0.2) is 4.79 Å². The molecule has 0 bridgehead atoms. The molecule has 2 heterocycles. The molecule has 0 N–H and O–H groups in total. The van der Waals surface area contributed by atoms with E-state index in [-0.39, 0.29) is 18.1 Å². The number of benzene rings is 3. The Balaban J connectivity index is 1.48. The summed E-state index contributed by atoms with van der Waals surface area (Å²) in [5.41, 5.74) is 2.91. The van der Waals surface area contributed by atoms with E-state index in [0.29, 0.717) is 44.7 Å². The highest BCUT2D eigenvalue weighted by Gasteiger charge is 2.27. The Kier molecular flexibility index (Phi) is 8.14. The third-order valence-corrected chi connectivity index (χ3v) is 6.86. The van der Waals surface area contributed by atoms with Crippen LogP contribution >= 0.6 is 46.4 Å². The molecule has 0 saturated heterocycles. The number of carbonyl (C=O) groups excluding carboxylic acids is 1. The van der Waals surface area contributed by atoms with Crippen LogP contribution in [-0.2, 0) is 17.8 Å². The third-order valence-electron chi connectivity index (χ3n) is 5.86. The SMILES string of the molecule is O=C(C(Cl)Cl)N(Cc1oc(=O)oc1Cc1ccccc1)c1cccc(-c2cc(-c3c(Cl)cccc3Cl)no2)c1. The second-order valence-corrected chi connectivity index (χ2v) is 10.3. The highest BCUT2D eigenvalue weighted by molar-refractivity contribution is 6.54. The molecule has 0 aliphatic carbocycles. The molecule has 2 aromatic heterocycles. The molecule has 0 saturated carbocycles. The average molecular weight is 604 g/mol. The Morgan fingerprint density at radius 1 is 0.872 bits per heavy atom. The lowest BCUT2D eigenvalue weighted by Gasteiger charge is -2.23. The number of carbonyl (C=O) groups is 1. The minimum Gasteiger partial charge on any atom is -0.395 e. The van der Waals surface area contributed by atoms with Gasteiger partial charge in [0.1, 0.15) is 5.69 Å². The van der Waals surface area contributed by atoms with Gasteiger partial charge in [0.25, 0.3) is 5.91 Å². The van der Waals surface area contributed by atoms with E-state index in [2.05, 4.69) is 5.16 Å². The molecule has 1 amide bonds. The van der Waals surface area contributed by atoms with Crippen molar-refractivity contribution in [1.82, 2.24) is 5.16 Å². The van der Waals surface area contributed by atoms with Crippen molar-refractivity contribution in [2.45, 2.75) is 17.8 Å². The Morgan fingerprint density at radius 3 is 2.28 bits per heavy atom. The molecule has 3 aromatic carbocycles. The van der Waals surface area contributed by atoms with Gasteiger partial charge in [-0.2, -0.15) is 0 Å². The summed E-state index contributed by atoms with van der Waals surface area (Å²) >= 11 is 24.6. The third kappa shape index (κ3) is 6.07. The number of hydrogen-bond acceptors (Lipinski definition) is 6. The minimum atomic E-state index is -1.37. The molecule has 11 heteroatoms. The second kappa shape index (κ2) is 11.7. The van der Waals surface area contributed by atoms with Crippen molar-refractivity contribution in [3.05, 3.63) is 117 Å². The lowest BCUT2D eigenvalue weighted by molar-refractivity contribution is -0.117. The zero-order valence-corrected chi connectivity index (χ0v) is 23.0. The Bertz CT molecular complexity index is 1660. The number of anilines is 1. The van der Waals surface area contributed by atoms with Gasteiger partial charge in [-0.05, 0) is 29.8 Å². The number of rotatable bonds is 8. The predicted molar refractivity (Wildman–Crippen MR) is 151 cm³/mol. The number of halogens is 4. The molecule has 5 aromatic rings. The van der Waals surface area contributed by atoms with Crippen molar-refractivity contribution < 1.29 is 18.2 Å². The Hall–Kier alpha value is -3.49. The van der Waals surface area contributed by atoms with E-state index in [1.165, 1.54) is 4.90 Å². The van der Waals surface area contributed by atoms with Gasteiger partial charge in [0.2, 0.25) is 0 Å². The number of aromatic nitrogens is 1. The maximum atomic E-state index is 13.1. The Labute approximate surface area is 242 Å². The monoisotopic (exact) mass is 602 g/mol. The number of amides is 1. The van der Waals surface area contributed by atoms with E-state index in [9.17, 15) is 9.59 Å². The first-order valence-electron chi connectivity index (χ1n) is 11.6. The van der Waals surface area contributed by atoms with Crippen LogP contribution in [0.1, 0.15) is 17.1 Å². The summed E-state index contributed by atoms with van der Waals surface area (Å²) in [5.74, 6) is -0.628. The fourth-order valence-electron chi connectivity index (χ4n) is 4.03. The van der Waals surface area contributed by atoms with Gasteiger partial charge in [-0.3, -0.25) is 4.79 Å². The number of alkyl halides is 2. The zero-order chi connectivity index (χ0) is 27.5. The van der Waals surface area contributed by atoms with E-state index >= 15 is 0 Å². The van der Waals surface area contributed by atoms with E-state index in [0.717, 1.165) is 5.56 Å². The van der Waals surface area contributed by atoms with Crippen LogP contribution in [0.25, 0.3) is 22.6 Å². The minimum absolute atomic E-state index is 0.150. The van der Waals surface area contributed by atoms with Gasteiger partial charge >= 0.3 is 5.82 Å². The van der Waals surface area contributed by atoms with E-state index < -0.39 is 16.6 Å². The van der Waals surface area contributed by atoms with Crippen LogP contribution in [0.15, 0.2) is 97.0 Å². The quantitative estimate of drug-likeness (QED) is 0.168. The van der Waals surface area contributed by atoms with E-state index in [1.807, 2.05) is 30.3 Å². The molecule has 5 rings (SSSR count). The molecule has 0 atom stereocenters. The molecule has 0 spiro atoms. The van der Waals surface area contributed by atoms with Crippen LogP contribution in [0.5, 0.6) is 0 Å². The lowest BCUT2D eigenvalue weighted by Crippen LogP contribution is -2.34. The molecule has 0 fully saturated rings. The largest absolute Gasteiger partial charge is 0.519 e. The lowest BCUT2D eigenvalue weighted by atomic mass is 10.1. The fraction of sp³-hybridized carbons (Fsp3) is 0.107. The van der Waals surface area contributed by atoms with Crippen LogP contribution in [-0.4, -0.2) is 15.9 Å². The molecular formula is C28H18Cl4N2O5. The summed E-state index contributed by atoms with van der Waals surface area (Å²) in [6.07, 6.45) is 0.292. The van der Waals surface area contributed by atoms with Crippen LogP contribution in [0.2, 0.25) is 10.0 Å². The summed E-state index contributed by atoms with van der Waals surface area (Å²) in [5, 5.41) is 4.97. The summed E-state index contributed by atoms with van der Waals surface area (Å²) in [6, 6.07) is 23.1. The van der Waals surface area contributed by atoms with E-state index in [4.69, 9.17) is 59.8 Å². The molecule has 0 radical (unpaired) electrons. The van der Waals surface area contributed by atoms with Crippen molar-refractivity contribution in [3.8, 4) is 22.6 Å². The van der Waals surface area contributed by atoms with Crippen molar-refractivity contribution in [1.29, 1.82) is 0 Å². The molecule has 0 unspecified atom stereocenters. The predicted octanol–water partition coefficient (Wildman–Crippen LogP) is 7.79. The van der Waals surface area contributed by atoms with Gasteiger partial charge < -0.3 is 18.3 Å². The molecule has 198 valence electrons. The number of nitrogens with zero attached hydrogens (tertiary/aromatic N) is 2. The van der Waals surface area contributed by atoms with Crippen LogP contribution in [0.4, 0.5) is 5.69 Å². The molecule has 7 nitrogen and oxygen atoms in total. The van der Waals surface area contributed by atoms with Crippen molar-refractivity contribution in [3.63, 3.8) is 0 Å². The van der Waals surface area contributed by atoms with Crippen LogP contribution < -0.4 is 10.7 Å². The van der Waals surface area contributed by atoms with Crippen molar-refractivity contribution in [2.24, 2.45) is 0 Å². The van der Waals surface area contributed by atoms with Gasteiger partial charge in [0.05, 0.1) is 16.6 Å². The van der Waals surface area contributed by atoms with E-state index in [1.54, 1.807) is 48.5 Å². The molecule has 0 aliphatic rings. The summed E-state index contributed by atoms with van der Waals surface area (Å²) < 4.78 is 16.2. The number of hydrogen-bond donors (Lipinski definition) is 0. The van der Waals surface area contributed by atoms with Gasteiger partial charge in [-0.15, -0.1) is 0 Å². The standard InChI is InChI=1S/C28H18Cl4N2O5/c29-19-10-5-11-20(30)25(19)21-14-22(39-33-21)17-8-4-9-18(13-17)34(27(35)26(31)32)15-24-23(37-28(36)38-24)12-16-6-2-1-3-7-16/h1-11,13-14,26H,12,15H2. The maximum absolute atomic E-state index is 13.1. The smallest absolute Gasteiger partial charge is 0.395 e. The molecular weight excluding hydrogens is 586 g/mol. The van der Waals surface area contributed by atoms with Gasteiger partial charge in [-0.1, -0.05) is 100 Å².